The van der Waals surface area contributed by atoms with Gasteiger partial charge in [0.05, 0.1) is 13.2 Å². The summed E-state index contributed by atoms with van der Waals surface area (Å²) in [5.41, 5.74) is 6.54. The minimum absolute atomic E-state index is 0.00596. The van der Waals surface area contributed by atoms with Gasteiger partial charge >= 0.3 is 6.18 Å². The summed E-state index contributed by atoms with van der Waals surface area (Å²) in [6.07, 6.45) is -0.182. The normalized spacial score (nSPS) is 15.0. The van der Waals surface area contributed by atoms with Crippen molar-refractivity contribution in [3.8, 4) is 17.2 Å². The largest absolute Gasteiger partial charge is 0.494 e. The lowest BCUT2D eigenvalue weighted by Gasteiger charge is -2.34. The first-order chi connectivity index (χ1) is 19.1. The number of carbonyl (C=O) groups excluding carboxylic acids is 1. The van der Waals surface area contributed by atoms with Crippen molar-refractivity contribution in [1.29, 1.82) is 0 Å². The Hall–Kier alpha value is -4.26. The van der Waals surface area contributed by atoms with Crippen LogP contribution in [-0.4, -0.2) is 64.0 Å². The fourth-order valence-electron chi connectivity index (χ4n) is 4.56. The topological polar surface area (TPSA) is 124 Å². The average molecular weight is 556 g/mol. The minimum atomic E-state index is -4.63. The molecular weight excluding hydrogens is 527 g/mol. The van der Waals surface area contributed by atoms with Crippen LogP contribution in [0.3, 0.4) is 0 Å². The van der Waals surface area contributed by atoms with Crippen LogP contribution in [0.2, 0.25) is 0 Å². The summed E-state index contributed by atoms with van der Waals surface area (Å²) in [6, 6.07) is 4.59. The number of nitrogens with zero attached hydrogens (tertiary/aromatic N) is 6. The number of alkyl halides is 3. The zero-order valence-corrected chi connectivity index (χ0v) is 22.2. The van der Waals surface area contributed by atoms with E-state index in [4.69, 9.17) is 14.9 Å². The van der Waals surface area contributed by atoms with E-state index in [9.17, 15) is 18.0 Å². The quantitative estimate of drug-likeness (QED) is 0.372. The Kier molecular flexibility index (Phi) is 7.32. The first kappa shape index (κ1) is 27.3. The number of carbonyl (C=O) groups is 1. The number of ether oxygens (including phenoxy) is 1. The second-order valence-electron chi connectivity index (χ2n) is 9.45. The lowest BCUT2D eigenvalue weighted by Crippen LogP contribution is -2.49. The molecule has 13 heteroatoms. The van der Waals surface area contributed by atoms with E-state index in [2.05, 4.69) is 19.9 Å². The molecule has 1 aliphatic heterocycles. The van der Waals surface area contributed by atoms with Crippen LogP contribution in [0.15, 0.2) is 41.1 Å². The Balaban J connectivity index is 1.44. The molecule has 1 unspecified atom stereocenters. The number of aromatic nitrogens is 4. The molecule has 5 rings (SSSR count). The van der Waals surface area contributed by atoms with Crippen LogP contribution in [-0.2, 0) is 12.6 Å². The standard InChI is InChI=1S/C27H28F3N7O3/c1-4-16-13-32-26(33-14-16)37-11-9-36(10-12-37)25(38)22-23(15(2)31)40-24(35-22)18-5-7-19(39-3)21-17(18)6-8-20(34-21)27(28,29)30/h5-8,13-15H,4,9-12,31H2,1-3H3. The number of pyridine rings is 1. The van der Waals surface area contributed by atoms with Crippen molar-refractivity contribution >= 4 is 22.8 Å². The van der Waals surface area contributed by atoms with Gasteiger partial charge in [0.2, 0.25) is 11.8 Å². The monoisotopic (exact) mass is 555 g/mol. The number of hydrogen-bond acceptors (Lipinski definition) is 9. The summed E-state index contributed by atoms with van der Waals surface area (Å²) in [5.74, 6) is 0.654. The fraction of sp³-hybridized carbons (Fsp3) is 0.370. The number of halogens is 3. The molecule has 3 aromatic heterocycles. The Bertz CT molecular complexity index is 1530. The fourth-order valence-corrected chi connectivity index (χ4v) is 4.56. The Morgan fingerprint density at radius 3 is 2.40 bits per heavy atom. The highest BCUT2D eigenvalue weighted by molar-refractivity contribution is 5.98. The van der Waals surface area contributed by atoms with Crippen molar-refractivity contribution in [2.45, 2.75) is 32.5 Å². The second kappa shape index (κ2) is 10.7. The van der Waals surface area contributed by atoms with Crippen LogP contribution >= 0.6 is 0 Å². The highest BCUT2D eigenvalue weighted by atomic mass is 19.4. The lowest BCUT2D eigenvalue weighted by atomic mass is 10.1. The smallest absolute Gasteiger partial charge is 0.433 e. The summed E-state index contributed by atoms with van der Waals surface area (Å²) < 4.78 is 51.2. The molecule has 1 fully saturated rings. The maximum absolute atomic E-state index is 13.6. The summed E-state index contributed by atoms with van der Waals surface area (Å²) in [7, 11) is 1.35. The molecule has 1 aromatic carbocycles. The first-order valence-corrected chi connectivity index (χ1v) is 12.8. The molecule has 0 bridgehead atoms. The van der Waals surface area contributed by atoms with Gasteiger partial charge in [0.25, 0.3) is 5.91 Å². The van der Waals surface area contributed by atoms with E-state index in [1.807, 2.05) is 11.8 Å². The van der Waals surface area contributed by atoms with Crippen LogP contribution in [0, 0.1) is 0 Å². The number of methoxy groups -OCH3 is 1. The van der Waals surface area contributed by atoms with Gasteiger partial charge in [-0.25, -0.2) is 19.9 Å². The van der Waals surface area contributed by atoms with Crippen molar-refractivity contribution < 1.29 is 27.1 Å². The van der Waals surface area contributed by atoms with Gasteiger partial charge in [-0.2, -0.15) is 13.2 Å². The van der Waals surface area contributed by atoms with E-state index in [-0.39, 0.29) is 34.5 Å². The third kappa shape index (κ3) is 5.16. The number of amides is 1. The number of benzene rings is 1. The predicted molar refractivity (Wildman–Crippen MR) is 141 cm³/mol. The molecule has 0 radical (unpaired) electrons. The van der Waals surface area contributed by atoms with Crippen molar-refractivity contribution in [2.75, 3.05) is 38.2 Å². The van der Waals surface area contributed by atoms with Crippen molar-refractivity contribution in [2.24, 2.45) is 5.73 Å². The molecule has 4 heterocycles. The summed E-state index contributed by atoms with van der Waals surface area (Å²) >= 11 is 0. The first-order valence-electron chi connectivity index (χ1n) is 12.8. The van der Waals surface area contributed by atoms with Crippen molar-refractivity contribution in [3.05, 3.63) is 59.4 Å². The lowest BCUT2D eigenvalue weighted by molar-refractivity contribution is -0.140. The van der Waals surface area contributed by atoms with Gasteiger partial charge in [0.15, 0.2) is 11.5 Å². The number of nitrogens with two attached hydrogens (primary N) is 1. The number of anilines is 1. The van der Waals surface area contributed by atoms with Crippen LogP contribution in [0.5, 0.6) is 5.75 Å². The SMILES string of the molecule is CCc1cnc(N2CCN(C(=O)c3nc(-c4ccc(OC)c5nc(C(F)(F)F)ccc45)oc3C(C)N)CC2)nc1. The molecule has 1 atom stereocenters. The van der Waals surface area contributed by atoms with E-state index in [0.717, 1.165) is 18.1 Å². The molecule has 10 nitrogen and oxygen atoms in total. The molecular formula is C27H28F3N7O3. The van der Waals surface area contributed by atoms with Gasteiger partial charge < -0.3 is 24.7 Å². The minimum Gasteiger partial charge on any atom is -0.494 e. The van der Waals surface area contributed by atoms with Crippen molar-refractivity contribution in [3.63, 3.8) is 0 Å². The second-order valence-corrected chi connectivity index (χ2v) is 9.45. The van der Waals surface area contributed by atoms with E-state index in [1.54, 1.807) is 30.3 Å². The molecule has 4 aromatic rings. The van der Waals surface area contributed by atoms with Gasteiger partial charge in [-0.15, -0.1) is 0 Å². The zero-order chi connectivity index (χ0) is 28.6. The summed E-state index contributed by atoms with van der Waals surface area (Å²) in [4.78, 5) is 34.3. The Labute approximate surface area is 228 Å². The molecule has 0 aliphatic carbocycles. The predicted octanol–water partition coefficient (Wildman–Crippen LogP) is 4.25. The molecule has 0 saturated carbocycles. The third-order valence-corrected chi connectivity index (χ3v) is 6.78. The number of rotatable bonds is 6. The van der Waals surface area contributed by atoms with E-state index in [1.165, 1.54) is 19.2 Å². The molecule has 210 valence electrons. The van der Waals surface area contributed by atoms with E-state index >= 15 is 0 Å². The summed E-state index contributed by atoms with van der Waals surface area (Å²) in [6.45, 7) is 5.59. The third-order valence-electron chi connectivity index (χ3n) is 6.78. The average Bonchev–Trinajstić information content (AvgIpc) is 3.41. The van der Waals surface area contributed by atoms with Crippen LogP contribution in [0.1, 0.15) is 47.4 Å². The number of fused-ring (bicyclic) bond motifs is 1. The Morgan fingerprint density at radius 1 is 1.10 bits per heavy atom. The van der Waals surface area contributed by atoms with E-state index < -0.39 is 17.9 Å². The highest BCUT2D eigenvalue weighted by Crippen LogP contribution is 2.37. The number of piperazine rings is 1. The summed E-state index contributed by atoms with van der Waals surface area (Å²) in [5, 5.41) is 0.325. The van der Waals surface area contributed by atoms with Gasteiger partial charge in [0.1, 0.15) is 17.0 Å². The molecule has 2 N–H and O–H groups in total. The molecule has 1 aliphatic rings. The zero-order valence-electron chi connectivity index (χ0n) is 22.2. The number of hydrogen-bond donors (Lipinski definition) is 1. The molecule has 40 heavy (non-hydrogen) atoms. The van der Waals surface area contributed by atoms with Gasteiger partial charge in [-0.05, 0) is 43.2 Å². The van der Waals surface area contributed by atoms with E-state index in [0.29, 0.717) is 43.1 Å². The van der Waals surface area contributed by atoms with Crippen LogP contribution in [0.25, 0.3) is 22.4 Å². The number of oxazole rings is 1. The highest BCUT2D eigenvalue weighted by Gasteiger charge is 2.34. The molecule has 1 amide bonds. The maximum atomic E-state index is 13.6. The molecule has 0 spiro atoms. The molecule has 1 saturated heterocycles. The number of aryl methyl sites for hydroxylation is 1. The van der Waals surface area contributed by atoms with Gasteiger partial charge in [-0.1, -0.05) is 6.92 Å². The maximum Gasteiger partial charge on any atom is 0.433 e. The van der Waals surface area contributed by atoms with Crippen LogP contribution in [0.4, 0.5) is 19.1 Å². The van der Waals surface area contributed by atoms with Gasteiger partial charge in [0, 0.05) is 49.5 Å². The van der Waals surface area contributed by atoms with Crippen molar-refractivity contribution in [1.82, 2.24) is 24.8 Å². The van der Waals surface area contributed by atoms with Gasteiger partial charge in [-0.3, -0.25) is 4.79 Å². The Morgan fingerprint density at radius 2 is 1.80 bits per heavy atom. The van der Waals surface area contributed by atoms with Crippen LogP contribution < -0.4 is 15.4 Å².